The predicted octanol–water partition coefficient (Wildman–Crippen LogP) is 4.40. The van der Waals surface area contributed by atoms with Crippen LogP contribution in [0.5, 0.6) is 5.75 Å². The van der Waals surface area contributed by atoms with Gasteiger partial charge < -0.3 is 15.0 Å². The SMILES string of the molecule is CCCCN(CC(=O)Nc1cc(C(C)(C)C)nn1-c1ccc(OC)cc1)C(=O)C(C)C. The molecule has 170 valence electrons. The Kier molecular flexibility index (Phi) is 8.25. The second kappa shape index (κ2) is 10.5. The van der Waals surface area contributed by atoms with E-state index in [1.54, 1.807) is 16.7 Å². The lowest BCUT2D eigenvalue weighted by molar-refractivity contribution is -0.137. The number of unbranched alkanes of at least 4 members (excludes halogenated alkanes) is 1. The van der Waals surface area contributed by atoms with Gasteiger partial charge in [-0.05, 0) is 30.7 Å². The lowest BCUT2D eigenvalue weighted by Gasteiger charge is -2.24. The maximum atomic E-state index is 12.9. The summed E-state index contributed by atoms with van der Waals surface area (Å²) in [6.45, 7) is 12.6. The number of ether oxygens (including phenoxy) is 1. The van der Waals surface area contributed by atoms with Gasteiger partial charge in [-0.15, -0.1) is 0 Å². The molecule has 0 saturated heterocycles. The highest BCUT2D eigenvalue weighted by Gasteiger charge is 2.23. The van der Waals surface area contributed by atoms with E-state index in [0.29, 0.717) is 12.4 Å². The highest BCUT2D eigenvalue weighted by Crippen LogP contribution is 2.27. The van der Waals surface area contributed by atoms with Gasteiger partial charge in [0, 0.05) is 23.9 Å². The number of benzene rings is 1. The summed E-state index contributed by atoms with van der Waals surface area (Å²) in [6, 6.07) is 9.39. The molecule has 1 heterocycles. The minimum absolute atomic E-state index is 0.0114. The molecule has 1 aromatic carbocycles. The van der Waals surface area contributed by atoms with Gasteiger partial charge in [-0.1, -0.05) is 48.0 Å². The van der Waals surface area contributed by atoms with Gasteiger partial charge >= 0.3 is 0 Å². The quantitative estimate of drug-likeness (QED) is 0.642. The van der Waals surface area contributed by atoms with Crippen LogP contribution in [0.3, 0.4) is 0 Å². The first-order valence-electron chi connectivity index (χ1n) is 10.9. The van der Waals surface area contributed by atoms with Gasteiger partial charge in [0.2, 0.25) is 11.8 Å². The number of carbonyl (C=O) groups excluding carboxylic acids is 2. The minimum Gasteiger partial charge on any atom is -0.497 e. The summed E-state index contributed by atoms with van der Waals surface area (Å²) in [5.74, 6) is 0.925. The van der Waals surface area contributed by atoms with Crippen LogP contribution in [-0.4, -0.2) is 46.7 Å². The van der Waals surface area contributed by atoms with Crippen molar-refractivity contribution in [1.29, 1.82) is 0 Å². The zero-order chi connectivity index (χ0) is 23.2. The number of aromatic nitrogens is 2. The molecular weight excluding hydrogens is 392 g/mol. The molecule has 2 rings (SSSR count). The lowest BCUT2D eigenvalue weighted by atomic mass is 9.92. The van der Waals surface area contributed by atoms with Crippen LogP contribution in [0.4, 0.5) is 5.82 Å². The molecule has 2 aromatic rings. The van der Waals surface area contributed by atoms with Crippen molar-refractivity contribution in [2.45, 2.75) is 59.8 Å². The third-order valence-corrected chi connectivity index (χ3v) is 4.98. The van der Waals surface area contributed by atoms with Gasteiger partial charge in [-0.3, -0.25) is 9.59 Å². The maximum Gasteiger partial charge on any atom is 0.245 e. The summed E-state index contributed by atoms with van der Waals surface area (Å²) in [4.78, 5) is 27.1. The van der Waals surface area contributed by atoms with E-state index >= 15 is 0 Å². The summed E-state index contributed by atoms with van der Waals surface area (Å²) in [5, 5.41) is 7.70. The molecule has 0 fully saturated rings. The van der Waals surface area contributed by atoms with Crippen LogP contribution >= 0.6 is 0 Å². The number of carbonyl (C=O) groups is 2. The Balaban J connectivity index is 2.29. The highest BCUT2D eigenvalue weighted by molar-refractivity contribution is 5.94. The van der Waals surface area contributed by atoms with Crippen molar-refractivity contribution >= 4 is 17.6 Å². The minimum atomic E-state index is -0.236. The van der Waals surface area contributed by atoms with Crippen molar-refractivity contribution in [3.63, 3.8) is 0 Å². The van der Waals surface area contributed by atoms with E-state index in [9.17, 15) is 9.59 Å². The second-order valence-electron chi connectivity index (χ2n) is 9.09. The summed E-state index contributed by atoms with van der Waals surface area (Å²) in [6.07, 6.45) is 1.83. The number of amides is 2. The number of hydrogen-bond donors (Lipinski definition) is 1. The molecular formula is C24H36N4O3. The maximum absolute atomic E-state index is 12.9. The Hall–Kier alpha value is -2.83. The molecule has 0 saturated carbocycles. The molecule has 0 unspecified atom stereocenters. The molecule has 7 heteroatoms. The summed E-state index contributed by atoms with van der Waals surface area (Å²) in [5.41, 5.74) is 1.49. The number of rotatable bonds is 9. The average Bonchev–Trinajstić information content (AvgIpc) is 3.14. The van der Waals surface area contributed by atoms with E-state index < -0.39 is 0 Å². The second-order valence-corrected chi connectivity index (χ2v) is 9.09. The monoisotopic (exact) mass is 428 g/mol. The van der Waals surface area contributed by atoms with Crippen LogP contribution in [-0.2, 0) is 15.0 Å². The van der Waals surface area contributed by atoms with Gasteiger partial charge in [-0.25, -0.2) is 4.68 Å². The smallest absolute Gasteiger partial charge is 0.245 e. The van der Waals surface area contributed by atoms with Crippen molar-refractivity contribution in [3.8, 4) is 11.4 Å². The Labute approximate surface area is 185 Å². The average molecular weight is 429 g/mol. The fraction of sp³-hybridized carbons (Fsp3) is 0.542. The van der Waals surface area contributed by atoms with Gasteiger partial charge in [0.1, 0.15) is 11.6 Å². The van der Waals surface area contributed by atoms with Crippen LogP contribution in [0.15, 0.2) is 30.3 Å². The van der Waals surface area contributed by atoms with Gasteiger partial charge in [0.05, 0.1) is 25.0 Å². The first-order chi connectivity index (χ1) is 14.6. The van der Waals surface area contributed by atoms with Crippen LogP contribution in [0.1, 0.15) is 60.1 Å². The Morgan fingerprint density at radius 3 is 2.35 bits per heavy atom. The molecule has 0 atom stereocenters. The van der Waals surface area contributed by atoms with Crippen molar-refractivity contribution in [3.05, 3.63) is 36.0 Å². The van der Waals surface area contributed by atoms with Crippen LogP contribution in [0.2, 0.25) is 0 Å². The number of nitrogens with one attached hydrogen (secondary N) is 1. The van der Waals surface area contributed by atoms with Crippen LogP contribution in [0, 0.1) is 5.92 Å². The number of hydrogen-bond acceptors (Lipinski definition) is 4. The van der Waals surface area contributed by atoms with E-state index in [0.717, 1.165) is 30.0 Å². The summed E-state index contributed by atoms with van der Waals surface area (Å²) in [7, 11) is 1.62. The van der Waals surface area contributed by atoms with Gasteiger partial charge in [0.25, 0.3) is 0 Å². The van der Waals surface area contributed by atoms with Crippen LogP contribution in [0.25, 0.3) is 5.69 Å². The first kappa shape index (κ1) is 24.4. The molecule has 0 aliphatic rings. The molecule has 31 heavy (non-hydrogen) atoms. The molecule has 0 radical (unpaired) electrons. The zero-order valence-corrected chi connectivity index (χ0v) is 19.9. The Bertz CT molecular complexity index is 879. The molecule has 1 N–H and O–H groups in total. The predicted molar refractivity (Wildman–Crippen MR) is 124 cm³/mol. The Morgan fingerprint density at radius 2 is 1.84 bits per heavy atom. The molecule has 1 aromatic heterocycles. The van der Waals surface area contributed by atoms with E-state index in [1.807, 2.05) is 44.2 Å². The standard InChI is InChI=1S/C24H36N4O3/c1-8-9-14-27(23(30)17(2)3)16-22(29)25-21-15-20(24(4,5)6)26-28(21)18-10-12-19(31-7)13-11-18/h10-13,15,17H,8-9,14,16H2,1-7H3,(H,25,29). The molecule has 0 aliphatic carbocycles. The topological polar surface area (TPSA) is 76.5 Å². The van der Waals surface area contributed by atoms with Crippen LogP contribution < -0.4 is 10.1 Å². The third-order valence-electron chi connectivity index (χ3n) is 4.98. The molecule has 0 spiro atoms. The van der Waals surface area contributed by atoms with Gasteiger partial charge in [0.15, 0.2) is 0 Å². The van der Waals surface area contributed by atoms with Crippen molar-refractivity contribution in [2.75, 3.05) is 25.5 Å². The largest absolute Gasteiger partial charge is 0.497 e. The van der Waals surface area contributed by atoms with Crippen molar-refractivity contribution < 1.29 is 14.3 Å². The fourth-order valence-electron chi connectivity index (χ4n) is 3.09. The van der Waals surface area contributed by atoms with E-state index in [2.05, 4.69) is 33.0 Å². The number of methoxy groups -OCH3 is 1. The fourth-order valence-corrected chi connectivity index (χ4v) is 3.09. The summed E-state index contributed by atoms with van der Waals surface area (Å²) >= 11 is 0. The molecule has 0 bridgehead atoms. The Morgan fingerprint density at radius 1 is 1.19 bits per heavy atom. The van der Waals surface area contributed by atoms with E-state index in [1.165, 1.54) is 0 Å². The molecule has 7 nitrogen and oxygen atoms in total. The van der Waals surface area contributed by atoms with E-state index in [4.69, 9.17) is 9.84 Å². The summed E-state index contributed by atoms with van der Waals surface area (Å²) < 4.78 is 6.96. The normalized spacial score (nSPS) is 11.5. The van der Waals surface area contributed by atoms with E-state index in [-0.39, 0.29) is 29.7 Å². The van der Waals surface area contributed by atoms with Crippen molar-refractivity contribution in [2.24, 2.45) is 5.92 Å². The third kappa shape index (κ3) is 6.57. The number of anilines is 1. The molecule has 2 amide bonds. The first-order valence-corrected chi connectivity index (χ1v) is 10.9. The van der Waals surface area contributed by atoms with Crippen molar-refractivity contribution in [1.82, 2.24) is 14.7 Å². The number of nitrogens with zero attached hydrogens (tertiary/aromatic N) is 3. The zero-order valence-electron chi connectivity index (χ0n) is 19.9. The lowest BCUT2D eigenvalue weighted by Crippen LogP contribution is -2.40. The van der Waals surface area contributed by atoms with Gasteiger partial charge in [-0.2, -0.15) is 5.10 Å². The highest BCUT2D eigenvalue weighted by atomic mass is 16.5. The molecule has 0 aliphatic heterocycles.